The summed E-state index contributed by atoms with van der Waals surface area (Å²) in [4.78, 5) is 29.2. The number of benzene rings is 4. The van der Waals surface area contributed by atoms with Crippen molar-refractivity contribution in [3.05, 3.63) is 131 Å². The molecule has 0 bridgehead atoms. The molecule has 42 heavy (non-hydrogen) atoms. The second-order valence-corrected chi connectivity index (χ2v) is 12.4. The number of anilines is 1. The second kappa shape index (κ2) is 13.5. The van der Waals surface area contributed by atoms with Gasteiger partial charge in [-0.25, -0.2) is 8.42 Å². The average molecular weight is 584 g/mol. The largest absolute Gasteiger partial charge is 0.357 e. The van der Waals surface area contributed by atoms with Gasteiger partial charge in [0.25, 0.3) is 10.0 Å². The fourth-order valence-corrected chi connectivity index (χ4v) is 6.28. The Morgan fingerprint density at radius 3 is 1.98 bits per heavy atom. The molecule has 218 valence electrons. The van der Waals surface area contributed by atoms with E-state index in [0.717, 1.165) is 32.1 Å². The number of rotatable bonds is 11. The molecule has 1 N–H and O–H groups in total. The Morgan fingerprint density at radius 2 is 1.36 bits per heavy atom. The Labute approximate surface area is 248 Å². The van der Waals surface area contributed by atoms with E-state index in [2.05, 4.69) is 5.32 Å². The van der Waals surface area contributed by atoms with Gasteiger partial charge < -0.3 is 10.2 Å². The summed E-state index contributed by atoms with van der Waals surface area (Å²) in [5.74, 6) is -0.818. The first-order valence-electron chi connectivity index (χ1n) is 13.8. The quantitative estimate of drug-likeness (QED) is 0.263. The molecule has 8 heteroatoms. The minimum atomic E-state index is -4.12. The van der Waals surface area contributed by atoms with Crippen molar-refractivity contribution in [2.24, 2.45) is 0 Å². The topological polar surface area (TPSA) is 86.8 Å². The zero-order valence-corrected chi connectivity index (χ0v) is 25.3. The number of likely N-dealkylation sites (N-methyl/N-ethyl adjacent to an activating group) is 1. The first-order chi connectivity index (χ1) is 20.1. The van der Waals surface area contributed by atoms with E-state index < -0.39 is 28.5 Å². The van der Waals surface area contributed by atoms with Gasteiger partial charge in [-0.05, 0) is 61.7 Å². The lowest BCUT2D eigenvalue weighted by atomic mass is 10.0. The average Bonchev–Trinajstić information content (AvgIpc) is 2.98. The Bertz CT molecular complexity index is 1640. The monoisotopic (exact) mass is 583 g/mol. The molecule has 0 aliphatic heterocycles. The smallest absolute Gasteiger partial charge is 0.264 e. The molecule has 0 heterocycles. The molecule has 4 aromatic rings. The standard InChI is InChI=1S/C34H37N3O4S/c1-25-16-18-31(19-17-25)42(40,41)37(30-15-9-11-27(3)21-30)24-33(38)36(23-29-14-8-10-26(2)20-29)32(34(39)35-4)22-28-12-6-5-7-13-28/h5-21,32H,22-24H2,1-4H3,(H,35,39)/t32-/m1/s1. The number of amides is 2. The van der Waals surface area contributed by atoms with Crippen LogP contribution in [0.15, 0.2) is 108 Å². The molecule has 1 atom stereocenters. The Morgan fingerprint density at radius 1 is 0.738 bits per heavy atom. The van der Waals surface area contributed by atoms with Crippen LogP contribution in [0.2, 0.25) is 0 Å². The molecular weight excluding hydrogens is 546 g/mol. The van der Waals surface area contributed by atoms with Crippen molar-refractivity contribution in [1.29, 1.82) is 0 Å². The summed E-state index contributed by atoms with van der Waals surface area (Å²) in [6.45, 7) is 5.37. The van der Waals surface area contributed by atoms with Crippen LogP contribution in [-0.2, 0) is 32.6 Å². The van der Waals surface area contributed by atoms with Crippen molar-refractivity contribution in [1.82, 2.24) is 10.2 Å². The zero-order valence-electron chi connectivity index (χ0n) is 24.4. The summed E-state index contributed by atoms with van der Waals surface area (Å²) in [6.07, 6.45) is 0.271. The van der Waals surface area contributed by atoms with Crippen LogP contribution in [0.1, 0.15) is 27.8 Å². The van der Waals surface area contributed by atoms with E-state index >= 15 is 0 Å². The third kappa shape index (κ3) is 7.44. The minimum absolute atomic E-state index is 0.0831. The number of carbonyl (C=O) groups excluding carboxylic acids is 2. The number of nitrogens with one attached hydrogen (secondary N) is 1. The molecule has 4 rings (SSSR count). The number of nitrogens with zero attached hydrogens (tertiary/aromatic N) is 2. The number of carbonyl (C=O) groups is 2. The van der Waals surface area contributed by atoms with E-state index in [-0.39, 0.29) is 23.8 Å². The van der Waals surface area contributed by atoms with Gasteiger partial charge in [0.1, 0.15) is 12.6 Å². The van der Waals surface area contributed by atoms with Gasteiger partial charge in [-0.1, -0.05) is 90.0 Å². The SMILES string of the molecule is CNC(=O)[C@@H](Cc1ccccc1)N(Cc1cccc(C)c1)C(=O)CN(c1cccc(C)c1)S(=O)(=O)c1ccc(C)cc1. The predicted octanol–water partition coefficient (Wildman–Crippen LogP) is 5.19. The molecule has 0 saturated heterocycles. The van der Waals surface area contributed by atoms with Crippen LogP contribution < -0.4 is 9.62 Å². The molecule has 0 fully saturated rings. The number of hydrogen-bond acceptors (Lipinski definition) is 4. The van der Waals surface area contributed by atoms with Gasteiger partial charge in [0, 0.05) is 20.0 Å². The third-order valence-corrected chi connectivity index (χ3v) is 8.92. The summed E-state index contributed by atoms with van der Waals surface area (Å²) in [5.41, 5.74) is 4.89. The number of hydrogen-bond donors (Lipinski definition) is 1. The highest BCUT2D eigenvalue weighted by Gasteiger charge is 2.34. The Balaban J connectivity index is 1.79. The maximum absolute atomic E-state index is 14.3. The summed E-state index contributed by atoms with van der Waals surface area (Å²) < 4.78 is 29.2. The second-order valence-electron chi connectivity index (χ2n) is 10.5. The van der Waals surface area contributed by atoms with Crippen LogP contribution in [0.3, 0.4) is 0 Å². The first-order valence-corrected chi connectivity index (χ1v) is 15.3. The van der Waals surface area contributed by atoms with Crippen molar-refractivity contribution in [2.75, 3.05) is 17.9 Å². The molecule has 2 amide bonds. The Kier molecular flexibility index (Phi) is 9.80. The van der Waals surface area contributed by atoms with E-state index in [0.29, 0.717) is 5.69 Å². The first kappa shape index (κ1) is 30.5. The van der Waals surface area contributed by atoms with Gasteiger partial charge in [-0.15, -0.1) is 0 Å². The van der Waals surface area contributed by atoms with E-state index in [4.69, 9.17) is 0 Å². The highest BCUT2D eigenvalue weighted by atomic mass is 32.2. The Hall–Kier alpha value is -4.43. The van der Waals surface area contributed by atoms with Crippen LogP contribution in [0, 0.1) is 20.8 Å². The van der Waals surface area contributed by atoms with Crippen LogP contribution >= 0.6 is 0 Å². The number of sulfonamides is 1. The van der Waals surface area contributed by atoms with Crippen molar-refractivity contribution in [2.45, 2.75) is 44.7 Å². The van der Waals surface area contributed by atoms with E-state index in [1.165, 1.54) is 11.9 Å². The highest BCUT2D eigenvalue weighted by Crippen LogP contribution is 2.26. The minimum Gasteiger partial charge on any atom is -0.357 e. The van der Waals surface area contributed by atoms with Gasteiger partial charge in [0.05, 0.1) is 10.6 Å². The molecule has 0 unspecified atom stereocenters. The van der Waals surface area contributed by atoms with Crippen molar-refractivity contribution < 1.29 is 18.0 Å². The lowest BCUT2D eigenvalue weighted by Gasteiger charge is -2.33. The molecule has 0 aliphatic carbocycles. The van der Waals surface area contributed by atoms with E-state index in [9.17, 15) is 18.0 Å². The predicted molar refractivity (Wildman–Crippen MR) is 167 cm³/mol. The summed E-state index contributed by atoms with van der Waals surface area (Å²) >= 11 is 0. The van der Waals surface area contributed by atoms with Crippen LogP contribution in [0.4, 0.5) is 5.69 Å². The van der Waals surface area contributed by atoms with E-state index in [1.54, 1.807) is 42.5 Å². The molecule has 0 saturated carbocycles. The summed E-state index contributed by atoms with van der Waals surface area (Å²) in [6, 6.07) is 29.9. The van der Waals surface area contributed by atoms with Crippen LogP contribution in [0.5, 0.6) is 0 Å². The summed E-state index contributed by atoms with van der Waals surface area (Å²) in [5, 5.41) is 2.71. The molecule has 0 aromatic heterocycles. The van der Waals surface area contributed by atoms with Crippen molar-refractivity contribution >= 4 is 27.5 Å². The molecular formula is C34H37N3O4S. The molecule has 0 radical (unpaired) electrons. The maximum atomic E-state index is 14.3. The lowest BCUT2D eigenvalue weighted by molar-refractivity contribution is -0.139. The van der Waals surface area contributed by atoms with Gasteiger partial charge >= 0.3 is 0 Å². The normalized spacial score (nSPS) is 11.9. The fourth-order valence-electron chi connectivity index (χ4n) is 4.88. The van der Waals surface area contributed by atoms with Gasteiger partial charge in [-0.2, -0.15) is 0 Å². The highest BCUT2D eigenvalue weighted by molar-refractivity contribution is 7.92. The molecule has 0 spiro atoms. The zero-order chi connectivity index (χ0) is 30.3. The van der Waals surface area contributed by atoms with Crippen LogP contribution in [0.25, 0.3) is 0 Å². The molecule has 7 nitrogen and oxygen atoms in total. The van der Waals surface area contributed by atoms with Crippen LogP contribution in [-0.4, -0.2) is 44.8 Å². The van der Waals surface area contributed by atoms with Gasteiger partial charge in [0.2, 0.25) is 11.8 Å². The van der Waals surface area contributed by atoms with E-state index in [1.807, 2.05) is 81.4 Å². The number of aryl methyl sites for hydroxylation is 3. The van der Waals surface area contributed by atoms with Crippen molar-refractivity contribution in [3.63, 3.8) is 0 Å². The maximum Gasteiger partial charge on any atom is 0.264 e. The van der Waals surface area contributed by atoms with Crippen molar-refractivity contribution in [3.8, 4) is 0 Å². The third-order valence-electron chi connectivity index (χ3n) is 7.13. The molecule has 4 aromatic carbocycles. The molecule has 0 aliphatic rings. The lowest BCUT2D eigenvalue weighted by Crippen LogP contribution is -2.53. The van der Waals surface area contributed by atoms with Gasteiger partial charge in [-0.3, -0.25) is 13.9 Å². The fraction of sp³-hybridized carbons (Fsp3) is 0.235. The summed E-state index contributed by atoms with van der Waals surface area (Å²) in [7, 11) is -2.58. The van der Waals surface area contributed by atoms with Gasteiger partial charge in [0.15, 0.2) is 0 Å².